The second-order valence-electron chi connectivity index (χ2n) is 8.54. The van der Waals surface area contributed by atoms with E-state index in [1.165, 1.54) is 0 Å². The van der Waals surface area contributed by atoms with E-state index in [1.807, 2.05) is 30.5 Å². The molecule has 8 heteroatoms. The van der Waals surface area contributed by atoms with Gasteiger partial charge in [-0.2, -0.15) is 5.10 Å². The number of H-pyrrole nitrogens is 1. The minimum atomic E-state index is 0.0542. The summed E-state index contributed by atoms with van der Waals surface area (Å²) in [6, 6.07) is 6.45. The number of carbonyl (C=O) groups is 1. The molecule has 0 saturated carbocycles. The molecule has 166 valence electrons. The Bertz CT molecular complexity index is 1230. The fourth-order valence-corrected chi connectivity index (χ4v) is 4.51. The van der Waals surface area contributed by atoms with Crippen LogP contribution in [0.4, 0.5) is 0 Å². The lowest BCUT2D eigenvalue weighted by Crippen LogP contribution is -2.40. The fourth-order valence-electron chi connectivity index (χ4n) is 4.51. The lowest BCUT2D eigenvalue weighted by molar-refractivity contribution is -0.128. The number of hydrogen-bond donors (Lipinski definition) is 2. The van der Waals surface area contributed by atoms with Crippen molar-refractivity contribution in [1.82, 2.24) is 19.7 Å². The molecule has 5 rings (SSSR count). The highest BCUT2D eigenvalue weighted by atomic mass is 16.5. The average Bonchev–Trinajstić information content (AvgIpc) is 3.54. The number of nitrogens with two attached hydrogens (primary N) is 1. The summed E-state index contributed by atoms with van der Waals surface area (Å²) in [6.45, 7) is 4.15. The van der Waals surface area contributed by atoms with E-state index in [1.54, 1.807) is 11.6 Å². The largest absolute Gasteiger partial charge is 0.398 e. The number of piperidine rings is 1. The molecule has 32 heavy (non-hydrogen) atoms. The SMILES string of the molecule is CC(=O)N1CCC(=NC2CCOC2)C(=C(N)c2c[nH]c3cc(-c4cnn(C)c4)ccc23)C1. The average molecular weight is 433 g/mol. The maximum absolute atomic E-state index is 12.1. The molecule has 4 heterocycles. The van der Waals surface area contributed by atoms with E-state index in [0.717, 1.165) is 51.9 Å². The summed E-state index contributed by atoms with van der Waals surface area (Å²) in [5, 5.41) is 5.31. The van der Waals surface area contributed by atoms with Crippen LogP contribution in [0.1, 0.15) is 25.3 Å². The molecule has 2 aliphatic rings. The Morgan fingerprint density at radius 1 is 1.34 bits per heavy atom. The molecule has 2 fully saturated rings. The number of aliphatic imine (C=N–C) groups is 1. The number of aromatic amines is 1. The van der Waals surface area contributed by atoms with Crippen LogP contribution in [0, 0.1) is 0 Å². The Morgan fingerprint density at radius 2 is 2.22 bits per heavy atom. The summed E-state index contributed by atoms with van der Waals surface area (Å²) in [5.74, 6) is 0.0542. The standard InChI is InChI=1S/C24H28N6O2/c1-15(31)30-7-5-22(28-18-6-8-32-14-18)21(13-30)24(25)20-11-26-23-9-16(3-4-19(20)23)17-10-27-29(2)12-17/h3-4,9-12,18,26H,5-8,13-14,25H2,1-2H3. The van der Waals surface area contributed by atoms with Gasteiger partial charge in [0, 0.05) is 91.5 Å². The number of rotatable bonds is 3. The number of ether oxygens (including phenoxy) is 1. The smallest absolute Gasteiger partial charge is 0.219 e. The van der Waals surface area contributed by atoms with Crippen molar-refractivity contribution in [3.63, 3.8) is 0 Å². The topological polar surface area (TPSA) is 102 Å². The third-order valence-corrected chi connectivity index (χ3v) is 6.34. The van der Waals surface area contributed by atoms with Gasteiger partial charge in [0.05, 0.1) is 18.8 Å². The first-order valence-electron chi connectivity index (χ1n) is 11.0. The second-order valence-corrected chi connectivity index (χ2v) is 8.54. The number of fused-ring (bicyclic) bond motifs is 1. The number of aryl methyl sites for hydroxylation is 1. The zero-order valence-corrected chi connectivity index (χ0v) is 18.5. The van der Waals surface area contributed by atoms with Gasteiger partial charge in [-0.25, -0.2) is 0 Å². The van der Waals surface area contributed by atoms with Gasteiger partial charge in [0.15, 0.2) is 0 Å². The van der Waals surface area contributed by atoms with Crippen LogP contribution in [0.5, 0.6) is 0 Å². The molecule has 3 aromatic rings. The van der Waals surface area contributed by atoms with E-state index in [9.17, 15) is 4.79 Å². The van der Waals surface area contributed by atoms with Crippen LogP contribution in [0.2, 0.25) is 0 Å². The number of nitrogens with one attached hydrogen (secondary N) is 1. The number of likely N-dealkylation sites (tertiary alicyclic amines) is 1. The fraction of sp³-hybridized carbons (Fsp3) is 0.375. The van der Waals surface area contributed by atoms with Gasteiger partial charge in [0.1, 0.15) is 0 Å². The molecular formula is C24H28N6O2. The van der Waals surface area contributed by atoms with E-state index in [0.29, 0.717) is 31.8 Å². The molecule has 0 spiro atoms. The maximum Gasteiger partial charge on any atom is 0.219 e. The molecule has 8 nitrogen and oxygen atoms in total. The summed E-state index contributed by atoms with van der Waals surface area (Å²) in [5.41, 5.74) is 13.5. The number of aromatic nitrogens is 3. The van der Waals surface area contributed by atoms with Crippen LogP contribution in [0.3, 0.4) is 0 Å². The van der Waals surface area contributed by atoms with Gasteiger partial charge < -0.3 is 20.4 Å². The summed E-state index contributed by atoms with van der Waals surface area (Å²) >= 11 is 0. The van der Waals surface area contributed by atoms with Crippen molar-refractivity contribution in [3.05, 3.63) is 47.9 Å². The number of amides is 1. The summed E-state index contributed by atoms with van der Waals surface area (Å²) < 4.78 is 7.30. The first kappa shape index (κ1) is 20.5. The van der Waals surface area contributed by atoms with Crippen LogP contribution in [0.15, 0.2) is 47.4 Å². The summed E-state index contributed by atoms with van der Waals surface area (Å²) in [4.78, 5) is 22.3. The quantitative estimate of drug-likeness (QED) is 0.664. The predicted molar refractivity (Wildman–Crippen MR) is 125 cm³/mol. The molecule has 2 aliphatic heterocycles. The number of carbonyl (C=O) groups excluding carboxylic acids is 1. The number of benzene rings is 1. The van der Waals surface area contributed by atoms with Crippen molar-refractivity contribution in [1.29, 1.82) is 0 Å². The second kappa shape index (κ2) is 8.27. The van der Waals surface area contributed by atoms with Gasteiger partial charge in [0.25, 0.3) is 0 Å². The third-order valence-electron chi connectivity index (χ3n) is 6.34. The first-order valence-corrected chi connectivity index (χ1v) is 11.0. The monoisotopic (exact) mass is 432 g/mol. The van der Waals surface area contributed by atoms with Crippen molar-refractivity contribution in [2.45, 2.75) is 25.8 Å². The van der Waals surface area contributed by atoms with Crippen molar-refractivity contribution >= 4 is 28.2 Å². The van der Waals surface area contributed by atoms with Gasteiger partial charge in [-0.3, -0.25) is 14.5 Å². The Hall–Kier alpha value is -3.39. The Balaban J connectivity index is 1.55. The molecule has 1 unspecified atom stereocenters. The Kier molecular flexibility index (Phi) is 5.30. The van der Waals surface area contributed by atoms with E-state index in [4.69, 9.17) is 15.5 Å². The molecule has 1 aromatic carbocycles. The predicted octanol–water partition coefficient (Wildman–Crippen LogP) is 2.72. The van der Waals surface area contributed by atoms with E-state index >= 15 is 0 Å². The van der Waals surface area contributed by atoms with Crippen molar-refractivity contribution in [2.75, 3.05) is 26.3 Å². The van der Waals surface area contributed by atoms with Crippen molar-refractivity contribution < 1.29 is 9.53 Å². The van der Waals surface area contributed by atoms with Crippen LogP contribution in [-0.4, -0.2) is 63.6 Å². The Labute approximate surface area is 186 Å². The van der Waals surface area contributed by atoms with Gasteiger partial charge >= 0.3 is 0 Å². The molecule has 2 saturated heterocycles. The van der Waals surface area contributed by atoms with Crippen LogP contribution >= 0.6 is 0 Å². The zero-order chi connectivity index (χ0) is 22.2. The number of hydrogen-bond acceptors (Lipinski definition) is 5. The molecule has 3 N–H and O–H groups in total. The van der Waals surface area contributed by atoms with Crippen LogP contribution < -0.4 is 5.73 Å². The van der Waals surface area contributed by atoms with Crippen LogP contribution in [0.25, 0.3) is 27.7 Å². The van der Waals surface area contributed by atoms with Gasteiger partial charge in [-0.05, 0) is 18.1 Å². The zero-order valence-electron chi connectivity index (χ0n) is 18.5. The van der Waals surface area contributed by atoms with Crippen molar-refractivity contribution in [3.8, 4) is 11.1 Å². The molecule has 0 aliphatic carbocycles. The highest BCUT2D eigenvalue weighted by molar-refractivity contribution is 6.10. The van der Waals surface area contributed by atoms with E-state index in [-0.39, 0.29) is 11.9 Å². The van der Waals surface area contributed by atoms with Gasteiger partial charge in [0.2, 0.25) is 5.91 Å². The Morgan fingerprint density at radius 3 is 2.94 bits per heavy atom. The minimum absolute atomic E-state index is 0.0542. The van der Waals surface area contributed by atoms with Crippen LogP contribution in [-0.2, 0) is 16.6 Å². The molecular weight excluding hydrogens is 404 g/mol. The first-order chi connectivity index (χ1) is 15.5. The number of nitrogens with zero attached hydrogens (tertiary/aromatic N) is 4. The highest BCUT2D eigenvalue weighted by Gasteiger charge is 2.27. The molecule has 0 bridgehead atoms. The minimum Gasteiger partial charge on any atom is -0.398 e. The molecule has 1 amide bonds. The molecule has 2 aromatic heterocycles. The summed E-state index contributed by atoms with van der Waals surface area (Å²) in [6.07, 6.45) is 7.43. The molecule has 1 atom stereocenters. The maximum atomic E-state index is 12.1. The van der Waals surface area contributed by atoms with E-state index < -0.39 is 0 Å². The van der Waals surface area contributed by atoms with E-state index in [2.05, 4.69) is 28.3 Å². The lowest BCUT2D eigenvalue weighted by Gasteiger charge is -2.30. The van der Waals surface area contributed by atoms with Gasteiger partial charge in [-0.1, -0.05) is 12.1 Å². The third kappa shape index (κ3) is 3.82. The van der Waals surface area contributed by atoms with Crippen molar-refractivity contribution in [2.24, 2.45) is 17.8 Å². The highest BCUT2D eigenvalue weighted by Crippen LogP contribution is 2.30. The normalized spacial score (nSPS) is 22.1. The summed E-state index contributed by atoms with van der Waals surface area (Å²) in [7, 11) is 1.91. The lowest BCUT2D eigenvalue weighted by atomic mass is 9.95. The molecule has 0 radical (unpaired) electrons. The van der Waals surface area contributed by atoms with Gasteiger partial charge in [-0.15, -0.1) is 0 Å².